The van der Waals surface area contributed by atoms with Gasteiger partial charge in [-0.15, -0.1) is 0 Å². The van der Waals surface area contributed by atoms with E-state index in [1.54, 1.807) is 26.2 Å². The smallest absolute Gasteiger partial charge is 0.242 e. The first-order chi connectivity index (χ1) is 11.4. The molecular weight excluding hydrogens is 326 g/mol. The Labute approximate surface area is 143 Å². The molecule has 1 N–H and O–H groups in total. The van der Waals surface area contributed by atoms with Crippen molar-refractivity contribution >= 4 is 21.1 Å². The normalized spacial score (nSPS) is 17.0. The van der Waals surface area contributed by atoms with Crippen molar-refractivity contribution in [2.24, 2.45) is 0 Å². The second kappa shape index (κ2) is 6.79. The lowest BCUT2D eigenvalue weighted by atomic mass is 10.3. The maximum Gasteiger partial charge on any atom is 0.242 e. The molecule has 0 aliphatic carbocycles. The van der Waals surface area contributed by atoms with Gasteiger partial charge in [0.2, 0.25) is 10.0 Å². The van der Waals surface area contributed by atoms with Gasteiger partial charge in [0.1, 0.15) is 5.82 Å². The number of imidazole rings is 1. The van der Waals surface area contributed by atoms with Gasteiger partial charge in [-0.1, -0.05) is 0 Å². The number of hydrogen-bond donors (Lipinski definition) is 1. The number of aromatic nitrogens is 2. The molecule has 1 fully saturated rings. The molecule has 2 heterocycles. The van der Waals surface area contributed by atoms with Crippen LogP contribution in [0.4, 0.5) is 0 Å². The lowest BCUT2D eigenvalue weighted by Crippen LogP contribution is -2.43. The van der Waals surface area contributed by atoms with E-state index in [-0.39, 0.29) is 4.90 Å². The monoisotopic (exact) mass is 351 g/mol. The summed E-state index contributed by atoms with van der Waals surface area (Å²) in [5, 5.41) is 3.35. The minimum absolute atomic E-state index is 0.287. The lowest BCUT2D eigenvalue weighted by molar-refractivity contribution is 0.225. The van der Waals surface area contributed by atoms with Crippen LogP contribution in [-0.4, -0.2) is 67.4 Å². The van der Waals surface area contributed by atoms with Crippen LogP contribution in [0.15, 0.2) is 23.1 Å². The van der Waals surface area contributed by atoms with E-state index in [0.29, 0.717) is 0 Å². The van der Waals surface area contributed by atoms with E-state index in [2.05, 4.69) is 21.7 Å². The predicted octanol–water partition coefficient (Wildman–Crippen LogP) is 0.712. The summed E-state index contributed by atoms with van der Waals surface area (Å²) >= 11 is 0. The molecule has 1 saturated heterocycles. The number of rotatable bonds is 5. The van der Waals surface area contributed by atoms with Crippen molar-refractivity contribution in [1.82, 2.24) is 24.1 Å². The SMILES string of the molecule is CCn1c(CN2CCNCC2)nc2cc(S(=O)(=O)N(C)C)ccc21. The largest absolute Gasteiger partial charge is 0.327 e. The molecule has 0 unspecified atom stereocenters. The zero-order valence-corrected chi connectivity index (χ0v) is 15.3. The molecule has 0 atom stereocenters. The summed E-state index contributed by atoms with van der Waals surface area (Å²) in [5.41, 5.74) is 1.73. The summed E-state index contributed by atoms with van der Waals surface area (Å²) in [7, 11) is -0.357. The molecule has 0 amide bonds. The molecule has 1 aliphatic rings. The third kappa shape index (κ3) is 3.19. The van der Waals surface area contributed by atoms with Crippen LogP contribution in [0, 0.1) is 0 Å². The van der Waals surface area contributed by atoms with Gasteiger partial charge < -0.3 is 9.88 Å². The molecule has 24 heavy (non-hydrogen) atoms. The van der Waals surface area contributed by atoms with Gasteiger partial charge in [0.25, 0.3) is 0 Å². The summed E-state index contributed by atoms with van der Waals surface area (Å²) in [4.78, 5) is 7.39. The predicted molar refractivity (Wildman–Crippen MR) is 94.4 cm³/mol. The number of piperazine rings is 1. The van der Waals surface area contributed by atoms with Crippen LogP contribution < -0.4 is 5.32 Å². The number of nitrogens with one attached hydrogen (secondary N) is 1. The molecule has 1 aliphatic heterocycles. The fourth-order valence-electron chi connectivity index (χ4n) is 3.07. The Hall–Kier alpha value is -1.48. The van der Waals surface area contributed by atoms with Crippen molar-refractivity contribution in [2.75, 3.05) is 40.3 Å². The quantitative estimate of drug-likeness (QED) is 0.859. The summed E-state index contributed by atoms with van der Waals surface area (Å²) in [5.74, 6) is 0.994. The van der Waals surface area contributed by atoms with E-state index in [0.717, 1.165) is 56.1 Å². The van der Waals surface area contributed by atoms with Crippen molar-refractivity contribution in [1.29, 1.82) is 0 Å². The highest BCUT2D eigenvalue weighted by Crippen LogP contribution is 2.22. The van der Waals surface area contributed by atoms with Gasteiger partial charge in [0.15, 0.2) is 0 Å². The van der Waals surface area contributed by atoms with E-state index in [9.17, 15) is 8.42 Å². The Bertz CT molecular complexity index is 822. The highest BCUT2D eigenvalue weighted by Gasteiger charge is 2.20. The molecule has 0 bridgehead atoms. The van der Waals surface area contributed by atoms with Crippen molar-refractivity contribution in [3.63, 3.8) is 0 Å². The highest BCUT2D eigenvalue weighted by molar-refractivity contribution is 7.89. The average molecular weight is 351 g/mol. The second-order valence-corrected chi connectivity index (χ2v) is 8.39. The summed E-state index contributed by atoms with van der Waals surface area (Å²) in [6.45, 7) is 7.71. The second-order valence-electron chi connectivity index (χ2n) is 6.24. The van der Waals surface area contributed by atoms with Crippen LogP contribution in [-0.2, 0) is 23.1 Å². The number of aryl methyl sites for hydroxylation is 1. The molecule has 3 rings (SSSR count). The van der Waals surface area contributed by atoms with E-state index < -0.39 is 10.0 Å². The molecule has 0 saturated carbocycles. The number of fused-ring (bicyclic) bond motifs is 1. The van der Waals surface area contributed by atoms with Crippen LogP contribution in [0.3, 0.4) is 0 Å². The van der Waals surface area contributed by atoms with Gasteiger partial charge in [-0.2, -0.15) is 0 Å². The molecule has 0 spiro atoms. The molecule has 2 aromatic rings. The van der Waals surface area contributed by atoms with Crippen LogP contribution in [0.25, 0.3) is 11.0 Å². The Morgan fingerprint density at radius 2 is 1.96 bits per heavy atom. The summed E-state index contributed by atoms with van der Waals surface area (Å²) in [6, 6.07) is 5.21. The van der Waals surface area contributed by atoms with Crippen LogP contribution in [0.1, 0.15) is 12.7 Å². The van der Waals surface area contributed by atoms with Crippen LogP contribution in [0.2, 0.25) is 0 Å². The summed E-state index contributed by atoms with van der Waals surface area (Å²) < 4.78 is 28.1. The average Bonchev–Trinajstić information content (AvgIpc) is 2.91. The first-order valence-corrected chi connectivity index (χ1v) is 9.72. The number of sulfonamides is 1. The van der Waals surface area contributed by atoms with E-state index >= 15 is 0 Å². The topological polar surface area (TPSA) is 70.5 Å². The highest BCUT2D eigenvalue weighted by atomic mass is 32.2. The standard InChI is InChI=1S/C16H25N5O2S/c1-4-21-15-6-5-13(24(22,23)19(2)3)11-14(15)18-16(21)12-20-9-7-17-8-10-20/h5-6,11,17H,4,7-10,12H2,1-3H3. The van der Waals surface area contributed by atoms with Crippen molar-refractivity contribution in [3.05, 3.63) is 24.0 Å². The summed E-state index contributed by atoms with van der Waals surface area (Å²) in [6.07, 6.45) is 0. The van der Waals surface area contributed by atoms with Gasteiger partial charge in [-0.25, -0.2) is 17.7 Å². The maximum atomic E-state index is 12.3. The van der Waals surface area contributed by atoms with Gasteiger partial charge in [-0.3, -0.25) is 4.90 Å². The zero-order chi connectivity index (χ0) is 17.3. The van der Waals surface area contributed by atoms with E-state index in [1.165, 1.54) is 4.31 Å². The molecule has 7 nitrogen and oxygen atoms in total. The van der Waals surface area contributed by atoms with Crippen molar-refractivity contribution < 1.29 is 8.42 Å². The van der Waals surface area contributed by atoms with Gasteiger partial charge in [-0.05, 0) is 25.1 Å². The van der Waals surface area contributed by atoms with E-state index in [1.807, 2.05) is 6.07 Å². The molecule has 0 radical (unpaired) electrons. The molecule has 1 aromatic carbocycles. The van der Waals surface area contributed by atoms with Crippen molar-refractivity contribution in [2.45, 2.75) is 24.9 Å². The first kappa shape index (κ1) is 17.3. The fourth-order valence-corrected chi connectivity index (χ4v) is 4.00. The Morgan fingerprint density at radius 3 is 2.58 bits per heavy atom. The Morgan fingerprint density at radius 1 is 1.25 bits per heavy atom. The maximum absolute atomic E-state index is 12.3. The van der Waals surface area contributed by atoms with Gasteiger partial charge >= 0.3 is 0 Å². The van der Waals surface area contributed by atoms with E-state index in [4.69, 9.17) is 4.98 Å². The minimum Gasteiger partial charge on any atom is -0.327 e. The Balaban J connectivity index is 1.99. The lowest BCUT2D eigenvalue weighted by Gasteiger charge is -2.26. The number of benzene rings is 1. The Kier molecular flexibility index (Phi) is 4.91. The minimum atomic E-state index is -3.44. The molecule has 132 valence electrons. The zero-order valence-electron chi connectivity index (χ0n) is 14.5. The number of nitrogens with zero attached hydrogens (tertiary/aromatic N) is 4. The third-order valence-electron chi connectivity index (χ3n) is 4.47. The molecule has 8 heteroatoms. The van der Waals surface area contributed by atoms with Crippen molar-refractivity contribution in [3.8, 4) is 0 Å². The first-order valence-electron chi connectivity index (χ1n) is 8.28. The van der Waals surface area contributed by atoms with Gasteiger partial charge in [0.05, 0.1) is 22.5 Å². The molecule has 1 aromatic heterocycles. The third-order valence-corrected chi connectivity index (χ3v) is 6.28. The molecular formula is C16H25N5O2S. The van der Waals surface area contributed by atoms with Gasteiger partial charge in [0, 0.05) is 46.8 Å². The fraction of sp³-hybridized carbons (Fsp3) is 0.562. The van der Waals surface area contributed by atoms with Crippen LogP contribution >= 0.6 is 0 Å². The van der Waals surface area contributed by atoms with Crippen LogP contribution in [0.5, 0.6) is 0 Å². The number of hydrogen-bond acceptors (Lipinski definition) is 5.